The van der Waals surface area contributed by atoms with Gasteiger partial charge in [0.1, 0.15) is 41.8 Å². The van der Waals surface area contributed by atoms with Gasteiger partial charge in [0.15, 0.2) is 6.61 Å². The zero-order valence-electron chi connectivity index (χ0n) is 34.2. The molecule has 13 nitrogen and oxygen atoms in total. The van der Waals surface area contributed by atoms with Gasteiger partial charge < -0.3 is 40.6 Å². The Morgan fingerprint density at radius 2 is 1.37 bits per heavy atom. The van der Waals surface area contributed by atoms with Crippen molar-refractivity contribution in [3.63, 3.8) is 0 Å². The van der Waals surface area contributed by atoms with Crippen LogP contribution in [0.1, 0.15) is 57.4 Å². The van der Waals surface area contributed by atoms with Crippen LogP contribution in [0.5, 0.6) is 11.5 Å². The summed E-state index contributed by atoms with van der Waals surface area (Å²) in [5.74, 6) is -17.6. The van der Waals surface area contributed by atoms with Crippen LogP contribution >= 0.6 is 11.6 Å². The number of nitrogens with one attached hydrogen (secondary N) is 4. The average Bonchev–Trinajstić information content (AvgIpc) is 3.18. The molecule has 0 spiro atoms. The molecule has 0 heterocycles. The summed E-state index contributed by atoms with van der Waals surface area (Å²) in [6.07, 6.45) is -8.70. The third-order valence-corrected chi connectivity index (χ3v) is 8.96. The molecule has 4 atom stereocenters. The van der Waals surface area contributed by atoms with Gasteiger partial charge in [0.05, 0.1) is 13.2 Å². The van der Waals surface area contributed by atoms with Crippen LogP contribution in [0.25, 0.3) is 0 Å². The SMILES string of the molecule is COc1ccc(C(NC(=O)C(Cc2ccc(OCC(=O)OC(C)(C)C)cc2)NC(=O)C(F)(F)c2cccc(Cl)c2)C(=O)NC(C(C)C)C(O)C(F)(F)C(=O)NCC(F)(F)F)cc1. The number of carbonyl (C=O) groups is 5. The minimum Gasteiger partial charge on any atom is -0.497 e. The maximum Gasteiger partial charge on any atom is 0.405 e. The Balaban J connectivity index is 2.00. The number of rotatable bonds is 19. The summed E-state index contributed by atoms with van der Waals surface area (Å²) in [6.45, 7) is 4.83. The Morgan fingerprint density at radius 3 is 1.90 bits per heavy atom. The zero-order valence-corrected chi connectivity index (χ0v) is 34.9. The molecule has 62 heavy (non-hydrogen) atoms. The largest absolute Gasteiger partial charge is 0.497 e. The lowest BCUT2D eigenvalue weighted by Crippen LogP contribution is -2.61. The Kier molecular flexibility index (Phi) is 17.1. The first kappa shape index (κ1) is 50.7. The van der Waals surface area contributed by atoms with Crippen molar-refractivity contribution in [1.29, 1.82) is 0 Å². The van der Waals surface area contributed by atoms with Crippen molar-refractivity contribution < 1.29 is 74.0 Å². The van der Waals surface area contributed by atoms with Crippen LogP contribution in [0.3, 0.4) is 0 Å². The summed E-state index contributed by atoms with van der Waals surface area (Å²) in [4.78, 5) is 65.6. The van der Waals surface area contributed by atoms with E-state index >= 15 is 17.6 Å². The van der Waals surface area contributed by atoms with Gasteiger partial charge in [-0.15, -0.1) is 0 Å². The Labute approximate surface area is 357 Å². The van der Waals surface area contributed by atoms with Gasteiger partial charge >= 0.3 is 24.0 Å². The molecule has 21 heteroatoms. The molecule has 3 rings (SSSR count). The van der Waals surface area contributed by atoms with Crippen molar-refractivity contribution in [2.75, 3.05) is 20.3 Å². The summed E-state index contributed by atoms with van der Waals surface area (Å²) >= 11 is 5.88. The van der Waals surface area contributed by atoms with E-state index in [1.807, 2.05) is 5.32 Å². The number of hydrogen-bond donors (Lipinski definition) is 5. The number of ether oxygens (including phenoxy) is 3. The number of alkyl halides is 7. The van der Waals surface area contributed by atoms with Gasteiger partial charge in [-0.2, -0.15) is 30.7 Å². The van der Waals surface area contributed by atoms with Crippen molar-refractivity contribution >= 4 is 41.2 Å². The van der Waals surface area contributed by atoms with Gasteiger partial charge in [-0.25, -0.2) is 4.79 Å². The third kappa shape index (κ3) is 14.8. The fourth-order valence-electron chi connectivity index (χ4n) is 5.60. The lowest BCUT2D eigenvalue weighted by Gasteiger charge is -2.33. The summed E-state index contributed by atoms with van der Waals surface area (Å²) in [6, 6.07) is 9.10. The highest BCUT2D eigenvalue weighted by Crippen LogP contribution is 2.31. The van der Waals surface area contributed by atoms with Crippen LogP contribution < -0.4 is 30.7 Å². The molecule has 0 aromatic heterocycles. The Hall–Kier alpha value is -5.63. The van der Waals surface area contributed by atoms with E-state index in [4.69, 9.17) is 25.8 Å². The number of aliphatic hydroxyl groups excluding tert-OH is 1. The molecular formula is C41H46ClF7N4O9. The molecule has 4 unspecified atom stereocenters. The average molecular weight is 907 g/mol. The van der Waals surface area contributed by atoms with E-state index < -0.39 is 109 Å². The summed E-state index contributed by atoms with van der Waals surface area (Å²) < 4.78 is 115. The molecule has 0 bridgehead atoms. The van der Waals surface area contributed by atoms with Crippen LogP contribution in [0.2, 0.25) is 5.02 Å². The van der Waals surface area contributed by atoms with Crippen LogP contribution in [-0.4, -0.2) is 90.9 Å². The van der Waals surface area contributed by atoms with Gasteiger partial charge in [-0.3, -0.25) is 19.2 Å². The molecule has 0 aliphatic carbocycles. The molecule has 0 fully saturated rings. The molecule has 4 amide bonds. The second kappa shape index (κ2) is 21.0. The summed E-state index contributed by atoms with van der Waals surface area (Å²) in [5, 5.41) is 17.9. The van der Waals surface area contributed by atoms with Gasteiger partial charge in [-0.05, 0) is 74.2 Å². The lowest BCUT2D eigenvalue weighted by atomic mass is 9.92. The van der Waals surface area contributed by atoms with Crippen molar-refractivity contribution in [3.05, 3.63) is 94.5 Å². The number of methoxy groups -OCH3 is 1. The van der Waals surface area contributed by atoms with E-state index in [1.54, 1.807) is 20.8 Å². The van der Waals surface area contributed by atoms with E-state index in [2.05, 4.69) is 10.6 Å². The predicted octanol–water partition coefficient (Wildman–Crippen LogP) is 5.56. The molecule has 0 saturated carbocycles. The molecule has 0 aliphatic heterocycles. The minimum absolute atomic E-state index is 0.0656. The Morgan fingerprint density at radius 1 is 0.774 bits per heavy atom. The fourth-order valence-corrected chi connectivity index (χ4v) is 5.79. The van der Waals surface area contributed by atoms with Crippen LogP contribution in [-0.2, 0) is 41.1 Å². The number of halogens is 8. The zero-order chi connectivity index (χ0) is 46.8. The van der Waals surface area contributed by atoms with Gasteiger partial charge in [0, 0.05) is 17.0 Å². The topological polar surface area (TPSA) is 181 Å². The smallest absolute Gasteiger partial charge is 0.405 e. The highest BCUT2D eigenvalue weighted by atomic mass is 35.5. The van der Waals surface area contributed by atoms with E-state index in [9.17, 15) is 42.3 Å². The van der Waals surface area contributed by atoms with E-state index in [0.717, 1.165) is 17.4 Å². The minimum atomic E-state index is -5.07. The molecule has 0 saturated heterocycles. The van der Waals surface area contributed by atoms with Crippen molar-refractivity contribution in [1.82, 2.24) is 21.3 Å². The molecule has 3 aromatic carbocycles. The third-order valence-electron chi connectivity index (χ3n) is 8.72. The second-order valence-electron chi connectivity index (χ2n) is 15.2. The number of esters is 1. The molecule has 0 aliphatic rings. The Bertz CT molecular complexity index is 2030. The maximum absolute atomic E-state index is 15.6. The van der Waals surface area contributed by atoms with Crippen molar-refractivity contribution in [2.45, 2.75) is 88.9 Å². The monoisotopic (exact) mass is 906 g/mol. The fraction of sp³-hybridized carbons (Fsp3) is 0.439. The highest BCUT2D eigenvalue weighted by Gasteiger charge is 2.52. The number of amides is 4. The summed E-state index contributed by atoms with van der Waals surface area (Å²) in [5.41, 5.74) is -1.44. The highest BCUT2D eigenvalue weighted by molar-refractivity contribution is 6.30. The molecular weight excluding hydrogens is 861 g/mol. The van der Waals surface area contributed by atoms with Crippen LogP contribution in [0, 0.1) is 5.92 Å². The lowest BCUT2D eigenvalue weighted by molar-refractivity contribution is -0.175. The van der Waals surface area contributed by atoms with Gasteiger partial charge in [-0.1, -0.05) is 61.8 Å². The number of benzene rings is 3. The van der Waals surface area contributed by atoms with E-state index in [1.165, 1.54) is 81.6 Å². The van der Waals surface area contributed by atoms with Crippen molar-refractivity contribution in [3.8, 4) is 11.5 Å². The van der Waals surface area contributed by atoms with Gasteiger partial charge in [0.2, 0.25) is 11.8 Å². The number of aliphatic hydroxyl groups is 1. The molecule has 0 radical (unpaired) electrons. The number of carbonyl (C=O) groups excluding carboxylic acids is 5. The second-order valence-corrected chi connectivity index (χ2v) is 15.6. The molecule has 5 N–H and O–H groups in total. The van der Waals surface area contributed by atoms with Crippen LogP contribution in [0.4, 0.5) is 30.7 Å². The quantitative estimate of drug-likeness (QED) is 0.0761. The maximum atomic E-state index is 15.6. The molecule has 3 aromatic rings. The molecule has 340 valence electrons. The predicted molar refractivity (Wildman–Crippen MR) is 209 cm³/mol. The van der Waals surface area contributed by atoms with Gasteiger partial charge in [0.25, 0.3) is 11.8 Å². The standard InChI is InChI=1S/C41H46ClF7N4O9/c1-22(2)31(33(55)41(48,49)36(58)50-21-39(43,44)45)52-35(57)32(24-12-16-27(60-6)17-13-24)53-34(56)29(51-37(59)40(46,47)25-8-7-9-26(42)19-25)18-23-10-14-28(15-11-23)61-20-30(54)62-38(3,4)5/h7-17,19,22,29,31-33,55H,18,20-21H2,1-6H3,(H,50,58)(H,51,59)(H,52,57)(H,53,56). The summed E-state index contributed by atoms with van der Waals surface area (Å²) in [7, 11) is 1.31. The first-order chi connectivity index (χ1) is 28.6. The number of hydrogen-bond acceptors (Lipinski definition) is 9. The van der Waals surface area contributed by atoms with E-state index in [0.29, 0.717) is 0 Å². The normalized spacial score (nSPS) is 14.1. The first-order valence-electron chi connectivity index (χ1n) is 18.7. The van der Waals surface area contributed by atoms with E-state index in [-0.39, 0.29) is 27.6 Å². The van der Waals surface area contributed by atoms with Crippen LogP contribution in [0.15, 0.2) is 72.8 Å². The van der Waals surface area contributed by atoms with Crippen molar-refractivity contribution in [2.24, 2.45) is 5.92 Å². The first-order valence-corrected chi connectivity index (χ1v) is 19.1.